The highest BCUT2D eigenvalue weighted by molar-refractivity contribution is 5.70. The van der Waals surface area contributed by atoms with Crippen molar-refractivity contribution in [2.24, 2.45) is 0 Å². The van der Waals surface area contributed by atoms with Gasteiger partial charge in [-0.15, -0.1) is 0 Å². The van der Waals surface area contributed by atoms with Crippen molar-refractivity contribution in [2.75, 3.05) is 26.6 Å². The fourth-order valence-electron chi connectivity index (χ4n) is 2.71. The summed E-state index contributed by atoms with van der Waals surface area (Å²) < 4.78 is 16.1. The lowest BCUT2D eigenvalue weighted by molar-refractivity contribution is 0.365. The normalized spacial score (nSPS) is 10.7. The Balaban J connectivity index is 2.56. The maximum Gasteiger partial charge on any atom is 0.257 e. The number of nitrogens with one attached hydrogen (secondary N) is 1. The maximum atomic E-state index is 5.49. The fourth-order valence-corrected chi connectivity index (χ4v) is 2.71. The summed E-state index contributed by atoms with van der Waals surface area (Å²) in [5.41, 5.74) is 2.31. The standard InChI is InChI=1S/C19H28N4O3/c1-7-12(8-2)20-17-19(26-6)23-16(14(9-3)21-17)13-10-11-15(24-4)22-18(13)25-5/h10-12H,7-9H2,1-6H3,(H,20,21). The van der Waals surface area contributed by atoms with Crippen LogP contribution in [-0.4, -0.2) is 42.3 Å². The molecular weight excluding hydrogens is 332 g/mol. The third-order valence-corrected chi connectivity index (χ3v) is 4.28. The minimum atomic E-state index is 0.325. The number of pyridine rings is 1. The van der Waals surface area contributed by atoms with Crippen LogP contribution in [-0.2, 0) is 6.42 Å². The average Bonchev–Trinajstić information content (AvgIpc) is 2.70. The molecule has 0 unspecified atom stereocenters. The summed E-state index contributed by atoms with van der Waals surface area (Å²) in [4.78, 5) is 13.8. The Morgan fingerprint density at radius 1 is 0.885 bits per heavy atom. The van der Waals surface area contributed by atoms with E-state index in [-0.39, 0.29) is 0 Å². The summed E-state index contributed by atoms with van der Waals surface area (Å²) in [7, 11) is 4.74. The molecule has 0 aliphatic rings. The van der Waals surface area contributed by atoms with Crippen LogP contribution in [0.15, 0.2) is 12.1 Å². The van der Waals surface area contributed by atoms with Crippen LogP contribution in [0.1, 0.15) is 39.3 Å². The largest absolute Gasteiger partial charge is 0.481 e. The minimum Gasteiger partial charge on any atom is -0.481 e. The van der Waals surface area contributed by atoms with E-state index < -0.39 is 0 Å². The van der Waals surface area contributed by atoms with Crippen molar-refractivity contribution in [3.8, 4) is 28.9 Å². The van der Waals surface area contributed by atoms with Gasteiger partial charge in [0.2, 0.25) is 11.8 Å². The van der Waals surface area contributed by atoms with Gasteiger partial charge in [-0.05, 0) is 25.3 Å². The first kappa shape index (κ1) is 19.8. The number of hydrogen-bond donors (Lipinski definition) is 1. The average molecular weight is 360 g/mol. The number of hydrogen-bond acceptors (Lipinski definition) is 7. The SMILES string of the molecule is CCc1nc(NC(CC)CC)c(OC)nc1-c1ccc(OC)nc1OC. The van der Waals surface area contributed by atoms with Crippen molar-refractivity contribution >= 4 is 5.82 Å². The van der Waals surface area contributed by atoms with E-state index in [0.717, 1.165) is 30.5 Å². The van der Waals surface area contributed by atoms with Gasteiger partial charge >= 0.3 is 0 Å². The van der Waals surface area contributed by atoms with Crippen LogP contribution in [0.4, 0.5) is 5.82 Å². The number of aryl methyl sites for hydroxylation is 1. The third-order valence-electron chi connectivity index (χ3n) is 4.28. The number of methoxy groups -OCH3 is 3. The van der Waals surface area contributed by atoms with E-state index in [0.29, 0.717) is 35.2 Å². The monoisotopic (exact) mass is 360 g/mol. The smallest absolute Gasteiger partial charge is 0.257 e. The first-order chi connectivity index (χ1) is 12.6. The Bertz CT molecular complexity index is 733. The number of rotatable bonds is 9. The Hall–Kier alpha value is -2.57. The highest BCUT2D eigenvalue weighted by Gasteiger charge is 2.20. The van der Waals surface area contributed by atoms with Gasteiger partial charge in [0.05, 0.1) is 32.6 Å². The zero-order valence-corrected chi connectivity index (χ0v) is 16.4. The summed E-state index contributed by atoms with van der Waals surface area (Å²) in [5, 5.41) is 3.43. The van der Waals surface area contributed by atoms with Gasteiger partial charge in [-0.1, -0.05) is 20.8 Å². The second-order valence-corrected chi connectivity index (χ2v) is 5.80. The van der Waals surface area contributed by atoms with Crippen LogP contribution in [0, 0.1) is 0 Å². The van der Waals surface area contributed by atoms with Gasteiger partial charge in [0, 0.05) is 12.1 Å². The molecule has 0 saturated heterocycles. The van der Waals surface area contributed by atoms with E-state index in [4.69, 9.17) is 24.2 Å². The Kier molecular flexibility index (Phi) is 7.00. The summed E-state index contributed by atoms with van der Waals surface area (Å²) >= 11 is 0. The number of nitrogens with zero attached hydrogens (tertiary/aromatic N) is 3. The van der Waals surface area contributed by atoms with Crippen molar-refractivity contribution in [1.82, 2.24) is 15.0 Å². The van der Waals surface area contributed by atoms with E-state index in [2.05, 4.69) is 24.1 Å². The minimum absolute atomic E-state index is 0.325. The number of ether oxygens (including phenoxy) is 3. The van der Waals surface area contributed by atoms with Gasteiger partial charge < -0.3 is 19.5 Å². The second-order valence-electron chi connectivity index (χ2n) is 5.80. The first-order valence-corrected chi connectivity index (χ1v) is 8.92. The zero-order chi connectivity index (χ0) is 19.1. The van der Waals surface area contributed by atoms with Crippen LogP contribution in [0.2, 0.25) is 0 Å². The molecule has 2 aromatic rings. The van der Waals surface area contributed by atoms with Crippen LogP contribution >= 0.6 is 0 Å². The summed E-state index contributed by atoms with van der Waals surface area (Å²) in [6.07, 6.45) is 2.72. The summed E-state index contributed by atoms with van der Waals surface area (Å²) in [5.74, 6) is 2.05. The molecule has 1 N–H and O–H groups in total. The highest BCUT2D eigenvalue weighted by atomic mass is 16.5. The second kappa shape index (κ2) is 9.22. The molecule has 2 rings (SSSR count). The molecular formula is C19H28N4O3. The molecule has 0 spiro atoms. The van der Waals surface area contributed by atoms with Gasteiger partial charge in [0.15, 0.2) is 5.82 Å². The number of aromatic nitrogens is 3. The van der Waals surface area contributed by atoms with Crippen LogP contribution in [0.3, 0.4) is 0 Å². The Labute approximate surface area is 155 Å². The maximum absolute atomic E-state index is 5.49. The molecule has 0 aliphatic heterocycles. The van der Waals surface area contributed by atoms with Gasteiger partial charge in [-0.2, -0.15) is 4.98 Å². The number of anilines is 1. The molecule has 2 aromatic heterocycles. The molecule has 0 saturated carbocycles. The molecule has 7 nitrogen and oxygen atoms in total. The van der Waals surface area contributed by atoms with Crippen molar-refractivity contribution in [1.29, 1.82) is 0 Å². The van der Waals surface area contributed by atoms with Crippen LogP contribution in [0.5, 0.6) is 17.6 Å². The van der Waals surface area contributed by atoms with E-state index in [1.165, 1.54) is 0 Å². The van der Waals surface area contributed by atoms with Crippen molar-refractivity contribution in [3.05, 3.63) is 17.8 Å². The van der Waals surface area contributed by atoms with Gasteiger partial charge in [-0.25, -0.2) is 9.97 Å². The molecule has 142 valence electrons. The third kappa shape index (κ3) is 4.15. The topological polar surface area (TPSA) is 78.4 Å². The van der Waals surface area contributed by atoms with Crippen LogP contribution < -0.4 is 19.5 Å². The highest BCUT2D eigenvalue weighted by Crippen LogP contribution is 2.34. The lowest BCUT2D eigenvalue weighted by Crippen LogP contribution is -2.19. The lowest BCUT2D eigenvalue weighted by atomic mass is 10.1. The quantitative estimate of drug-likeness (QED) is 0.730. The summed E-state index contributed by atoms with van der Waals surface area (Å²) in [6.45, 7) is 6.33. The molecule has 2 heterocycles. The predicted octanol–water partition coefficient (Wildman–Crippen LogP) is 3.73. The van der Waals surface area contributed by atoms with Crippen molar-refractivity contribution in [3.63, 3.8) is 0 Å². The van der Waals surface area contributed by atoms with Crippen molar-refractivity contribution < 1.29 is 14.2 Å². The van der Waals surface area contributed by atoms with E-state index in [1.54, 1.807) is 27.4 Å². The Morgan fingerprint density at radius 3 is 2.12 bits per heavy atom. The molecule has 0 atom stereocenters. The predicted molar refractivity (Wildman–Crippen MR) is 102 cm³/mol. The lowest BCUT2D eigenvalue weighted by Gasteiger charge is -2.19. The molecule has 0 aliphatic carbocycles. The van der Waals surface area contributed by atoms with E-state index >= 15 is 0 Å². The molecule has 0 amide bonds. The Morgan fingerprint density at radius 2 is 1.58 bits per heavy atom. The summed E-state index contributed by atoms with van der Waals surface area (Å²) in [6, 6.07) is 3.98. The van der Waals surface area contributed by atoms with E-state index in [9.17, 15) is 0 Å². The van der Waals surface area contributed by atoms with Gasteiger partial charge in [-0.3, -0.25) is 0 Å². The van der Waals surface area contributed by atoms with Gasteiger partial charge in [0.25, 0.3) is 5.88 Å². The molecule has 0 radical (unpaired) electrons. The molecule has 0 aromatic carbocycles. The van der Waals surface area contributed by atoms with Crippen molar-refractivity contribution in [2.45, 2.75) is 46.1 Å². The van der Waals surface area contributed by atoms with Gasteiger partial charge in [0.1, 0.15) is 5.69 Å². The molecule has 26 heavy (non-hydrogen) atoms. The molecule has 7 heteroatoms. The first-order valence-electron chi connectivity index (χ1n) is 8.92. The molecule has 0 fully saturated rings. The van der Waals surface area contributed by atoms with E-state index in [1.807, 2.05) is 13.0 Å². The van der Waals surface area contributed by atoms with Crippen LogP contribution in [0.25, 0.3) is 11.3 Å². The fraction of sp³-hybridized carbons (Fsp3) is 0.526. The molecule has 0 bridgehead atoms. The zero-order valence-electron chi connectivity index (χ0n) is 16.4.